The predicted octanol–water partition coefficient (Wildman–Crippen LogP) is 2.39. The molecule has 0 atom stereocenters. The van der Waals surface area contributed by atoms with Crippen molar-refractivity contribution < 1.29 is 22.7 Å². The number of sulfone groups is 1. The van der Waals surface area contributed by atoms with E-state index in [0.717, 1.165) is 12.8 Å². The molecule has 5 nitrogen and oxygen atoms in total. The van der Waals surface area contributed by atoms with E-state index < -0.39 is 15.8 Å². The van der Waals surface area contributed by atoms with Gasteiger partial charge in [-0.3, -0.25) is 0 Å². The van der Waals surface area contributed by atoms with Crippen LogP contribution in [0.5, 0.6) is 0 Å². The first-order valence-electron chi connectivity index (χ1n) is 5.88. The molecule has 0 aliphatic rings. The highest BCUT2D eigenvalue weighted by Gasteiger charge is 2.18. The Hall–Kier alpha value is -1.30. The van der Waals surface area contributed by atoms with Gasteiger partial charge in [-0.05, 0) is 19.4 Å². The maximum Gasteiger partial charge on any atom is 0.371 e. The molecule has 1 aromatic rings. The SMILES string of the molecule is CCCCCS(=O)(=O)Cc1cc(C(=O)O)oc1C. The molecule has 0 radical (unpaired) electrons. The molecule has 0 saturated carbocycles. The minimum absolute atomic E-state index is 0.133. The Morgan fingerprint density at radius 1 is 1.39 bits per heavy atom. The Bertz CT molecular complexity index is 513. The number of furan rings is 1. The number of unbranched alkanes of at least 4 members (excludes halogenated alkanes) is 2. The lowest BCUT2D eigenvalue weighted by molar-refractivity contribution is 0.0661. The molecule has 1 heterocycles. The fourth-order valence-corrected chi connectivity index (χ4v) is 3.20. The standard InChI is InChI=1S/C12H18O5S/c1-3-4-5-6-18(15,16)8-10-7-11(12(13)14)17-9(10)2/h7H,3-6,8H2,1-2H3,(H,13,14). The molecular formula is C12H18O5S. The monoisotopic (exact) mass is 274 g/mol. The van der Waals surface area contributed by atoms with Crippen LogP contribution < -0.4 is 0 Å². The second-order valence-electron chi connectivity index (χ2n) is 4.30. The summed E-state index contributed by atoms with van der Waals surface area (Å²) in [5.41, 5.74) is 0.434. The van der Waals surface area contributed by atoms with E-state index in [2.05, 4.69) is 0 Å². The van der Waals surface area contributed by atoms with Crippen molar-refractivity contribution in [1.82, 2.24) is 0 Å². The zero-order valence-corrected chi connectivity index (χ0v) is 11.4. The minimum atomic E-state index is -3.19. The topological polar surface area (TPSA) is 84.6 Å². The predicted molar refractivity (Wildman–Crippen MR) is 67.4 cm³/mol. The Labute approximate surface area is 107 Å². The molecule has 0 bridgehead atoms. The number of hydrogen-bond donors (Lipinski definition) is 1. The minimum Gasteiger partial charge on any atom is -0.475 e. The highest BCUT2D eigenvalue weighted by atomic mass is 32.2. The van der Waals surface area contributed by atoms with Crippen LogP contribution >= 0.6 is 0 Å². The van der Waals surface area contributed by atoms with Crippen molar-refractivity contribution in [2.75, 3.05) is 5.75 Å². The molecular weight excluding hydrogens is 256 g/mol. The maximum atomic E-state index is 11.8. The number of aromatic carboxylic acids is 1. The molecule has 18 heavy (non-hydrogen) atoms. The summed E-state index contributed by atoms with van der Waals surface area (Å²) in [5.74, 6) is -1.07. The summed E-state index contributed by atoms with van der Waals surface area (Å²) in [7, 11) is -3.19. The number of aryl methyl sites for hydroxylation is 1. The van der Waals surface area contributed by atoms with Crippen LogP contribution in [-0.4, -0.2) is 25.2 Å². The van der Waals surface area contributed by atoms with E-state index in [4.69, 9.17) is 9.52 Å². The molecule has 0 saturated heterocycles. The van der Waals surface area contributed by atoms with E-state index in [9.17, 15) is 13.2 Å². The van der Waals surface area contributed by atoms with Crippen molar-refractivity contribution in [3.05, 3.63) is 23.2 Å². The van der Waals surface area contributed by atoms with Gasteiger partial charge in [-0.15, -0.1) is 0 Å². The second kappa shape index (κ2) is 6.04. The molecule has 1 N–H and O–H groups in total. The lowest BCUT2D eigenvalue weighted by Gasteiger charge is -2.02. The number of rotatable bonds is 7. The Morgan fingerprint density at radius 2 is 2.06 bits per heavy atom. The first kappa shape index (κ1) is 14.8. The molecule has 0 spiro atoms. The summed E-state index contributed by atoms with van der Waals surface area (Å²) in [4.78, 5) is 10.7. The summed E-state index contributed by atoms with van der Waals surface area (Å²) in [6.45, 7) is 3.58. The van der Waals surface area contributed by atoms with E-state index in [1.165, 1.54) is 6.07 Å². The molecule has 0 unspecified atom stereocenters. The summed E-state index contributed by atoms with van der Waals surface area (Å²) < 4.78 is 28.6. The number of carbonyl (C=O) groups is 1. The molecule has 0 fully saturated rings. The van der Waals surface area contributed by atoms with Crippen molar-refractivity contribution in [1.29, 1.82) is 0 Å². The van der Waals surface area contributed by atoms with Gasteiger partial charge in [-0.1, -0.05) is 19.8 Å². The van der Waals surface area contributed by atoms with Crippen LogP contribution in [0.25, 0.3) is 0 Å². The average Bonchev–Trinajstić information content (AvgIpc) is 2.60. The lowest BCUT2D eigenvalue weighted by Crippen LogP contribution is -2.09. The first-order valence-corrected chi connectivity index (χ1v) is 7.71. The Kier molecular flexibility index (Phi) is 4.95. The fraction of sp³-hybridized carbons (Fsp3) is 0.583. The van der Waals surface area contributed by atoms with Crippen LogP contribution in [0, 0.1) is 6.92 Å². The van der Waals surface area contributed by atoms with Gasteiger partial charge >= 0.3 is 5.97 Å². The van der Waals surface area contributed by atoms with E-state index >= 15 is 0 Å². The second-order valence-corrected chi connectivity index (χ2v) is 6.48. The van der Waals surface area contributed by atoms with Gasteiger partial charge in [-0.2, -0.15) is 0 Å². The molecule has 0 aliphatic heterocycles. The quantitative estimate of drug-likeness (QED) is 0.772. The summed E-state index contributed by atoms with van der Waals surface area (Å²) >= 11 is 0. The Morgan fingerprint density at radius 3 is 2.56 bits per heavy atom. The number of carboxylic acid groups (broad SMARTS) is 1. The van der Waals surface area contributed by atoms with Crippen LogP contribution in [0.1, 0.15) is 48.1 Å². The van der Waals surface area contributed by atoms with E-state index in [1.807, 2.05) is 6.92 Å². The van der Waals surface area contributed by atoms with Crippen molar-refractivity contribution in [2.45, 2.75) is 38.9 Å². The molecule has 6 heteroatoms. The summed E-state index contributed by atoms with van der Waals surface area (Å²) in [5, 5.41) is 8.75. The van der Waals surface area contributed by atoms with Crippen LogP contribution in [-0.2, 0) is 15.6 Å². The zero-order valence-electron chi connectivity index (χ0n) is 10.6. The average molecular weight is 274 g/mol. The fourth-order valence-electron chi connectivity index (χ4n) is 1.65. The molecule has 1 aromatic heterocycles. The van der Waals surface area contributed by atoms with Gasteiger partial charge < -0.3 is 9.52 Å². The molecule has 0 amide bonds. The van der Waals surface area contributed by atoms with Crippen molar-refractivity contribution >= 4 is 15.8 Å². The normalized spacial score (nSPS) is 11.7. The third-order valence-electron chi connectivity index (χ3n) is 2.67. The van der Waals surface area contributed by atoms with Gasteiger partial charge in [0.05, 0.1) is 11.5 Å². The van der Waals surface area contributed by atoms with Gasteiger partial charge in [0.25, 0.3) is 0 Å². The summed E-state index contributed by atoms with van der Waals surface area (Å²) in [6.07, 6.45) is 2.48. The van der Waals surface area contributed by atoms with Crippen LogP contribution in [0.2, 0.25) is 0 Å². The number of hydrogen-bond acceptors (Lipinski definition) is 4. The summed E-state index contributed by atoms with van der Waals surface area (Å²) in [6, 6.07) is 1.29. The molecule has 0 aliphatic carbocycles. The maximum absolute atomic E-state index is 11.8. The van der Waals surface area contributed by atoms with E-state index in [1.54, 1.807) is 6.92 Å². The van der Waals surface area contributed by atoms with Gasteiger partial charge in [0.2, 0.25) is 5.76 Å². The van der Waals surface area contributed by atoms with E-state index in [-0.39, 0.29) is 17.3 Å². The van der Waals surface area contributed by atoms with Crippen LogP contribution in [0.4, 0.5) is 0 Å². The first-order chi connectivity index (χ1) is 8.35. The number of carboxylic acids is 1. The zero-order chi connectivity index (χ0) is 13.8. The smallest absolute Gasteiger partial charge is 0.371 e. The molecule has 0 aromatic carbocycles. The molecule has 1 rings (SSSR count). The van der Waals surface area contributed by atoms with E-state index in [0.29, 0.717) is 17.7 Å². The van der Waals surface area contributed by atoms with Crippen molar-refractivity contribution in [3.8, 4) is 0 Å². The third kappa shape index (κ3) is 4.18. The van der Waals surface area contributed by atoms with Gasteiger partial charge in [-0.25, -0.2) is 13.2 Å². The highest BCUT2D eigenvalue weighted by molar-refractivity contribution is 7.90. The van der Waals surface area contributed by atoms with Gasteiger partial charge in [0.15, 0.2) is 9.84 Å². The van der Waals surface area contributed by atoms with Crippen LogP contribution in [0.3, 0.4) is 0 Å². The highest BCUT2D eigenvalue weighted by Crippen LogP contribution is 2.18. The molecule has 102 valence electrons. The van der Waals surface area contributed by atoms with Crippen LogP contribution in [0.15, 0.2) is 10.5 Å². The van der Waals surface area contributed by atoms with Crippen molar-refractivity contribution in [3.63, 3.8) is 0 Å². The largest absolute Gasteiger partial charge is 0.475 e. The van der Waals surface area contributed by atoms with Gasteiger partial charge in [0, 0.05) is 5.56 Å². The Balaban J connectivity index is 2.74. The van der Waals surface area contributed by atoms with Crippen molar-refractivity contribution in [2.24, 2.45) is 0 Å². The lowest BCUT2D eigenvalue weighted by atomic mass is 10.3. The third-order valence-corrected chi connectivity index (χ3v) is 4.33. The van der Waals surface area contributed by atoms with Gasteiger partial charge in [0.1, 0.15) is 5.76 Å².